The number of carbonyl (C=O) groups excluding carboxylic acids is 3. The topological polar surface area (TPSA) is 128 Å². The molecule has 0 unspecified atom stereocenters. The Kier molecular flexibility index (Phi) is 4.09. The number of hydrogen-bond acceptors (Lipinski definition) is 7. The van der Waals surface area contributed by atoms with Crippen molar-refractivity contribution >= 4 is 24.1 Å². The molecule has 1 aliphatic heterocycles. The molecule has 0 spiro atoms. The number of nitrogens with two attached hydrogens (primary N) is 2. The van der Waals surface area contributed by atoms with Crippen LogP contribution in [0.3, 0.4) is 0 Å². The Hall–Kier alpha value is -1.80. The molecular formula is C8H12N4O4. The molecule has 0 fully saturated rings. The molecule has 1 rings (SSSR count). The molecule has 0 saturated heterocycles. The van der Waals surface area contributed by atoms with Gasteiger partial charge >= 0.3 is 5.97 Å². The van der Waals surface area contributed by atoms with E-state index in [-0.39, 0.29) is 19.7 Å². The maximum atomic E-state index is 11.5. The van der Waals surface area contributed by atoms with E-state index in [4.69, 9.17) is 11.5 Å². The van der Waals surface area contributed by atoms with Crippen molar-refractivity contribution in [1.82, 2.24) is 4.90 Å². The quantitative estimate of drug-likeness (QED) is 0.500. The number of carbonyl (C=O) groups is 3. The third kappa shape index (κ3) is 2.84. The van der Waals surface area contributed by atoms with Gasteiger partial charge in [0, 0.05) is 0 Å². The Morgan fingerprint density at radius 1 is 1.62 bits per heavy atom. The lowest BCUT2D eigenvalue weighted by molar-refractivity contribution is -0.145. The highest BCUT2D eigenvalue weighted by Crippen LogP contribution is 1.99. The molecule has 4 N–H and O–H groups in total. The van der Waals surface area contributed by atoms with Crippen LogP contribution in [0.2, 0.25) is 0 Å². The highest BCUT2D eigenvalue weighted by molar-refractivity contribution is 6.10. The SMILES string of the molecule is NCC(=O)OC[C@H](N)C(=O)N1C=NCC1=O. The number of ether oxygens (including phenoxy) is 1. The standard InChI is InChI=1S/C8H12N4O4/c9-1-7(14)16-3-5(10)8(15)12-4-11-2-6(12)13/h4-5H,1-3,9-10H2/t5-/m0/s1. The molecule has 1 atom stereocenters. The Balaban J connectivity index is 2.44. The van der Waals surface area contributed by atoms with Crippen molar-refractivity contribution in [2.24, 2.45) is 16.5 Å². The first kappa shape index (κ1) is 12.3. The van der Waals surface area contributed by atoms with Crippen molar-refractivity contribution in [3.8, 4) is 0 Å². The number of amides is 2. The third-order valence-electron chi connectivity index (χ3n) is 1.84. The Labute approximate surface area is 91.2 Å². The monoisotopic (exact) mass is 228 g/mol. The number of aliphatic imine (C=N–C) groups is 1. The number of rotatable bonds is 4. The number of esters is 1. The van der Waals surface area contributed by atoms with Crippen molar-refractivity contribution in [2.75, 3.05) is 19.7 Å². The molecule has 8 heteroatoms. The van der Waals surface area contributed by atoms with Crippen LogP contribution in [0.5, 0.6) is 0 Å². The Morgan fingerprint density at radius 2 is 2.31 bits per heavy atom. The fourth-order valence-electron chi connectivity index (χ4n) is 1.01. The smallest absolute Gasteiger partial charge is 0.319 e. The first-order valence-electron chi connectivity index (χ1n) is 4.53. The zero-order chi connectivity index (χ0) is 12.1. The van der Waals surface area contributed by atoms with Gasteiger partial charge in [-0.05, 0) is 0 Å². The Morgan fingerprint density at radius 3 is 2.81 bits per heavy atom. The van der Waals surface area contributed by atoms with Crippen LogP contribution < -0.4 is 11.5 Å². The van der Waals surface area contributed by atoms with E-state index in [9.17, 15) is 14.4 Å². The van der Waals surface area contributed by atoms with Gasteiger partial charge in [-0.1, -0.05) is 0 Å². The van der Waals surface area contributed by atoms with Gasteiger partial charge in [0.1, 0.15) is 19.2 Å². The van der Waals surface area contributed by atoms with Crippen molar-refractivity contribution in [3.05, 3.63) is 0 Å². The molecule has 0 aromatic heterocycles. The third-order valence-corrected chi connectivity index (χ3v) is 1.84. The molecule has 0 saturated carbocycles. The predicted octanol–water partition coefficient (Wildman–Crippen LogP) is -2.79. The molecule has 0 radical (unpaired) electrons. The summed E-state index contributed by atoms with van der Waals surface area (Å²) in [6.45, 7) is -0.668. The summed E-state index contributed by atoms with van der Waals surface area (Å²) in [5.74, 6) is -1.77. The highest BCUT2D eigenvalue weighted by atomic mass is 16.5. The average Bonchev–Trinajstić information content (AvgIpc) is 2.70. The van der Waals surface area contributed by atoms with Crippen molar-refractivity contribution in [2.45, 2.75) is 6.04 Å². The van der Waals surface area contributed by atoms with Gasteiger partial charge in [0.2, 0.25) is 0 Å². The van der Waals surface area contributed by atoms with Crippen molar-refractivity contribution in [3.63, 3.8) is 0 Å². The lowest BCUT2D eigenvalue weighted by Crippen LogP contribution is -2.47. The number of imide groups is 1. The van der Waals surface area contributed by atoms with Crippen molar-refractivity contribution < 1.29 is 19.1 Å². The summed E-state index contributed by atoms with van der Waals surface area (Å²) in [5, 5.41) is 0. The van der Waals surface area contributed by atoms with Crippen LogP contribution in [-0.2, 0) is 19.1 Å². The first-order chi connectivity index (χ1) is 7.56. The second kappa shape index (κ2) is 5.33. The summed E-state index contributed by atoms with van der Waals surface area (Å²) < 4.78 is 4.58. The first-order valence-corrected chi connectivity index (χ1v) is 4.53. The van der Waals surface area contributed by atoms with E-state index in [0.29, 0.717) is 0 Å². The van der Waals surface area contributed by atoms with E-state index in [1.165, 1.54) is 0 Å². The van der Waals surface area contributed by atoms with E-state index >= 15 is 0 Å². The molecular weight excluding hydrogens is 216 g/mol. The van der Waals surface area contributed by atoms with Gasteiger partial charge in [-0.2, -0.15) is 0 Å². The molecule has 0 aliphatic carbocycles. The van der Waals surface area contributed by atoms with E-state index in [0.717, 1.165) is 11.2 Å². The van der Waals surface area contributed by atoms with Crippen molar-refractivity contribution in [1.29, 1.82) is 0 Å². The average molecular weight is 228 g/mol. The summed E-state index contributed by atoms with van der Waals surface area (Å²) in [6.07, 6.45) is 1.11. The number of hydrogen-bond donors (Lipinski definition) is 2. The van der Waals surface area contributed by atoms with Crippen LogP contribution in [0, 0.1) is 0 Å². The molecule has 8 nitrogen and oxygen atoms in total. The second-order valence-electron chi connectivity index (χ2n) is 3.05. The van der Waals surface area contributed by atoms with Gasteiger partial charge in [0.25, 0.3) is 11.8 Å². The summed E-state index contributed by atoms with van der Waals surface area (Å²) in [4.78, 5) is 37.8. The van der Waals surface area contributed by atoms with Crippen LogP contribution in [-0.4, -0.2) is 54.8 Å². The van der Waals surface area contributed by atoms with E-state index in [2.05, 4.69) is 9.73 Å². The van der Waals surface area contributed by atoms with Crippen LogP contribution in [0.1, 0.15) is 0 Å². The molecule has 2 amide bonds. The lowest BCUT2D eigenvalue weighted by atomic mass is 10.3. The lowest BCUT2D eigenvalue weighted by Gasteiger charge is -2.15. The van der Waals surface area contributed by atoms with Gasteiger partial charge < -0.3 is 16.2 Å². The van der Waals surface area contributed by atoms with Crippen LogP contribution in [0.4, 0.5) is 0 Å². The van der Waals surface area contributed by atoms with E-state index < -0.39 is 23.8 Å². The predicted molar refractivity (Wildman–Crippen MR) is 53.2 cm³/mol. The summed E-state index contributed by atoms with van der Waals surface area (Å²) in [6, 6.07) is -1.09. The molecule has 0 aromatic rings. The minimum Gasteiger partial charge on any atom is -0.463 e. The largest absolute Gasteiger partial charge is 0.463 e. The molecule has 1 aliphatic rings. The van der Waals surface area contributed by atoms with Gasteiger partial charge in [0.05, 0.1) is 12.9 Å². The zero-order valence-corrected chi connectivity index (χ0v) is 8.46. The Bertz CT molecular complexity index is 341. The summed E-state index contributed by atoms with van der Waals surface area (Å²) >= 11 is 0. The van der Waals surface area contributed by atoms with E-state index in [1.54, 1.807) is 0 Å². The molecule has 0 bridgehead atoms. The maximum Gasteiger partial charge on any atom is 0.319 e. The molecule has 16 heavy (non-hydrogen) atoms. The van der Waals surface area contributed by atoms with Gasteiger partial charge in [-0.3, -0.25) is 19.4 Å². The fraction of sp³-hybridized carbons (Fsp3) is 0.500. The normalized spacial score (nSPS) is 16.4. The summed E-state index contributed by atoms with van der Waals surface area (Å²) in [5.41, 5.74) is 10.4. The van der Waals surface area contributed by atoms with Gasteiger partial charge in [0.15, 0.2) is 0 Å². The number of nitrogens with zero attached hydrogens (tertiary/aromatic N) is 2. The highest BCUT2D eigenvalue weighted by Gasteiger charge is 2.28. The maximum absolute atomic E-state index is 11.5. The second-order valence-corrected chi connectivity index (χ2v) is 3.05. The van der Waals surface area contributed by atoms with Gasteiger partial charge in [-0.25, -0.2) is 4.90 Å². The minimum atomic E-state index is -1.09. The fourth-order valence-corrected chi connectivity index (χ4v) is 1.01. The zero-order valence-electron chi connectivity index (χ0n) is 8.46. The molecule has 0 aromatic carbocycles. The molecule has 1 heterocycles. The van der Waals surface area contributed by atoms with Crippen LogP contribution in [0.25, 0.3) is 0 Å². The van der Waals surface area contributed by atoms with Crippen LogP contribution in [0.15, 0.2) is 4.99 Å². The van der Waals surface area contributed by atoms with E-state index in [1.807, 2.05) is 0 Å². The minimum absolute atomic E-state index is 0.0684. The van der Waals surface area contributed by atoms with Gasteiger partial charge in [-0.15, -0.1) is 0 Å². The summed E-state index contributed by atoms with van der Waals surface area (Å²) in [7, 11) is 0. The molecule has 88 valence electrons. The van der Waals surface area contributed by atoms with Crippen LogP contribution >= 0.6 is 0 Å².